The molecule has 2 rings (SSSR count). The Bertz CT molecular complexity index is 228. The molecule has 0 aliphatic carbocycles. The van der Waals surface area contributed by atoms with Crippen molar-refractivity contribution in [1.82, 2.24) is 0 Å². The molecular weight excluding hydrogens is 220 g/mol. The summed E-state index contributed by atoms with van der Waals surface area (Å²) in [7, 11) is 0. The van der Waals surface area contributed by atoms with Crippen LogP contribution in [0.4, 0.5) is 0 Å². The summed E-state index contributed by atoms with van der Waals surface area (Å²) in [6, 6.07) is 0. The first-order chi connectivity index (χ1) is 6.74. The topological polar surface area (TPSA) is 27.7 Å². The van der Waals surface area contributed by atoms with Crippen LogP contribution >= 0.6 is 24.0 Å². The molecule has 2 saturated heterocycles. The van der Waals surface area contributed by atoms with E-state index in [1.54, 1.807) is 0 Å². The maximum Gasteiger partial charge on any atom is 0.219 e. The van der Waals surface area contributed by atoms with Crippen molar-refractivity contribution in [3.05, 3.63) is 0 Å². The van der Waals surface area contributed by atoms with E-state index in [0.29, 0.717) is 16.9 Å². The Hall–Kier alpha value is 0.160. The number of rotatable bonds is 2. The molecule has 0 aromatic rings. The van der Waals surface area contributed by atoms with Gasteiger partial charge in [0.2, 0.25) is 4.38 Å². The van der Waals surface area contributed by atoms with Crippen LogP contribution in [0.25, 0.3) is 0 Å². The van der Waals surface area contributed by atoms with Gasteiger partial charge in [-0.05, 0) is 24.9 Å². The summed E-state index contributed by atoms with van der Waals surface area (Å²) >= 11 is 6.44. The van der Waals surface area contributed by atoms with Gasteiger partial charge in [-0.1, -0.05) is 11.8 Å². The second-order valence-electron chi connectivity index (χ2n) is 3.82. The molecule has 1 spiro atoms. The summed E-state index contributed by atoms with van der Waals surface area (Å²) in [5, 5.41) is 0. The fourth-order valence-electron chi connectivity index (χ4n) is 1.82. The van der Waals surface area contributed by atoms with E-state index in [1.807, 2.05) is 6.26 Å². The molecule has 3 nitrogen and oxygen atoms in total. The van der Waals surface area contributed by atoms with Gasteiger partial charge in [0.05, 0.1) is 26.4 Å². The van der Waals surface area contributed by atoms with Crippen molar-refractivity contribution in [2.45, 2.75) is 12.0 Å². The molecule has 0 bridgehead atoms. The third kappa shape index (κ3) is 2.21. The average molecular weight is 234 g/mol. The van der Waals surface area contributed by atoms with Gasteiger partial charge in [-0.2, -0.15) is 0 Å². The first-order valence-electron chi connectivity index (χ1n) is 4.66. The van der Waals surface area contributed by atoms with Crippen LogP contribution in [0.15, 0.2) is 0 Å². The molecule has 1 atom stereocenters. The molecule has 0 N–H and O–H groups in total. The number of hydrogen-bond acceptors (Lipinski definition) is 5. The highest BCUT2D eigenvalue weighted by Crippen LogP contribution is 2.36. The van der Waals surface area contributed by atoms with Crippen LogP contribution < -0.4 is 0 Å². The molecule has 2 fully saturated rings. The summed E-state index contributed by atoms with van der Waals surface area (Å²) in [4.78, 5) is 0. The quantitative estimate of drug-likeness (QED) is 0.674. The van der Waals surface area contributed by atoms with Crippen LogP contribution in [0.5, 0.6) is 0 Å². The van der Waals surface area contributed by atoms with E-state index in [4.69, 9.17) is 26.4 Å². The van der Waals surface area contributed by atoms with E-state index in [2.05, 4.69) is 0 Å². The predicted molar refractivity (Wildman–Crippen MR) is 59.7 cm³/mol. The highest BCUT2D eigenvalue weighted by Gasteiger charge is 2.46. The molecular formula is C9H14O3S2. The molecule has 2 heterocycles. The summed E-state index contributed by atoms with van der Waals surface area (Å²) in [5.41, 5.74) is 0.0228. The SMILES string of the molecule is CSC(=S)OCC1COC2(COC2)C1. The summed E-state index contributed by atoms with van der Waals surface area (Å²) < 4.78 is 16.9. The summed E-state index contributed by atoms with van der Waals surface area (Å²) in [5.74, 6) is 0.476. The van der Waals surface area contributed by atoms with Gasteiger partial charge in [0.25, 0.3) is 0 Å². The Kier molecular flexibility index (Phi) is 3.31. The van der Waals surface area contributed by atoms with Gasteiger partial charge in [-0.15, -0.1) is 0 Å². The van der Waals surface area contributed by atoms with Crippen LogP contribution in [-0.2, 0) is 14.2 Å². The molecule has 0 radical (unpaired) electrons. The lowest BCUT2D eigenvalue weighted by atomic mass is 9.93. The fraction of sp³-hybridized carbons (Fsp3) is 0.889. The monoisotopic (exact) mass is 234 g/mol. The van der Waals surface area contributed by atoms with Crippen LogP contribution in [-0.4, -0.2) is 42.7 Å². The van der Waals surface area contributed by atoms with E-state index in [1.165, 1.54) is 11.8 Å². The Morgan fingerprint density at radius 3 is 2.93 bits per heavy atom. The van der Waals surface area contributed by atoms with Gasteiger partial charge in [0.15, 0.2) is 0 Å². The third-order valence-electron chi connectivity index (χ3n) is 2.62. The molecule has 0 saturated carbocycles. The van der Waals surface area contributed by atoms with E-state index in [0.717, 1.165) is 26.2 Å². The maximum absolute atomic E-state index is 5.70. The molecule has 5 heteroatoms. The van der Waals surface area contributed by atoms with Gasteiger partial charge >= 0.3 is 0 Å². The lowest BCUT2D eigenvalue weighted by Crippen LogP contribution is -2.49. The number of thioether (sulfide) groups is 1. The first-order valence-corrected chi connectivity index (χ1v) is 6.30. The Labute approximate surface area is 93.5 Å². The summed E-state index contributed by atoms with van der Waals surface area (Å²) in [6.07, 6.45) is 2.97. The van der Waals surface area contributed by atoms with Crippen LogP contribution in [0.2, 0.25) is 0 Å². The first kappa shape index (κ1) is 10.7. The van der Waals surface area contributed by atoms with Crippen molar-refractivity contribution in [2.75, 3.05) is 32.7 Å². The zero-order valence-electron chi connectivity index (χ0n) is 8.15. The standard InChI is InChI=1S/C9H14O3S2/c1-14-8(13)11-3-7-2-9(12-4-7)5-10-6-9/h7H,2-6H2,1H3. The van der Waals surface area contributed by atoms with Gasteiger partial charge < -0.3 is 14.2 Å². The lowest BCUT2D eigenvalue weighted by Gasteiger charge is -2.36. The van der Waals surface area contributed by atoms with Gasteiger partial charge in [0, 0.05) is 5.92 Å². The summed E-state index contributed by atoms with van der Waals surface area (Å²) in [6.45, 7) is 2.95. The maximum atomic E-state index is 5.70. The largest absolute Gasteiger partial charge is 0.478 e. The average Bonchev–Trinajstić information content (AvgIpc) is 2.58. The smallest absolute Gasteiger partial charge is 0.219 e. The van der Waals surface area contributed by atoms with Crippen molar-refractivity contribution in [3.8, 4) is 0 Å². The number of thiocarbonyl (C=S) groups is 1. The molecule has 1 unspecified atom stereocenters. The molecule has 0 aromatic carbocycles. The molecule has 0 amide bonds. The third-order valence-corrected chi connectivity index (χ3v) is 3.69. The molecule has 2 aliphatic heterocycles. The number of ether oxygens (including phenoxy) is 3. The van der Waals surface area contributed by atoms with E-state index < -0.39 is 0 Å². The minimum absolute atomic E-state index is 0.0228. The molecule has 0 aromatic heterocycles. The van der Waals surface area contributed by atoms with Crippen molar-refractivity contribution < 1.29 is 14.2 Å². The van der Waals surface area contributed by atoms with E-state index in [-0.39, 0.29) is 5.60 Å². The lowest BCUT2D eigenvalue weighted by molar-refractivity contribution is -0.184. The Morgan fingerprint density at radius 2 is 2.43 bits per heavy atom. The fourth-order valence-corrected chi connectivity index (χ4v) is 2.08. The van der Waals surface area contributed by atoms with Gasteiger partial charge in [-0.3, -0.25) is 0 Å². The highest BCUT2D eigenvalue weighted by atomic mass is 32.2. The van der Waals surface area contributed by atoms with Gasteiger partial charge in [-0.25, -0.2) is 0 Å². The van der Waals surface area contributed by atoms with Crippen molar-refractivity contribution in [3.63, 3.8) is 0 Å². The zero-order chi connectivity index (χ0) is 10.0. The van der Waals surface area contributed by atoms with Gasteiger partial charge in [0.1, 0.15) is 5.60 Å². The molecule has 14 heavy (non-hydrogen) atoms. The van der Waals surface area contributed by atoms with Crippen LogP contribution in [0.1, 0.15) is 6.42 Å². The minimum Gasteiger partial charge on any atom is -0.478 e. The second-order valence-corrected chi connectivity index (χ2v) is 5.23. The Morgan fingerprint density at radius 1 is 1.64 bits per heavy atom. The highest BCUT2D eigenvalue weighted by molar-refractivity contribution is 8.22. The number of hydrogen-bond donors (Lipinski definition) is 0. The normalized spacial score (nSPS) is 28.8. The van der Waals surface area contributed by atoms with Crippen LogP contribution in [0, 0.1) is 5.92 Å². The van der Waals surface area contributed by atoms with E-state index >= 15 is 0 Å². The van der Waals surface area contributed by atoms with Crippen molar-refractivity contribution >= 4 is 28.4 Å². The van der Waals surface area contributed by atoms with E-state index in [9.17, 15) is 0 Å². The zero-order valence-corrected chi connectivity index (χ0v) is 9.79. The van der Waals surface area contributed by atoms with Crippen LogP contribution in [0.3, 0.4) is 0 Å². The van der Waals surface area contributed by atoms with Crippen molar-refractivity contribution in [1.29, 1.82) is 0 Å². The molecule has 80 valence electrons. The van der Waals surface area contributed by atoms with Crippen molar-refractivity contribution in [2.24, 2.45) is 5.92 Å². The Balaban J connectivity index is 1.71. The minimum atomic E-state index is 0.0228. The molecule has 2 aliphatic rings. The second kappa shape index (κ2) is 4.35. The predicted octanol–water partition coefficient (Wildman–Crippen LogP) is 1.46.